The molecular weight excluding hydrogens is 164 g/mol. The van der Waals surface area contributed by atoms with Gasteiger partial charge in [-0.25, -0.2) is 0 Å². The fourth-order valence-electron chi connectivity index (χ4n) is 0.845. The normalized spacial score (nSPS) is 15.4. The molecule has 2 heteroatoms. The van der Waals surface area contributed by atoms with Gasteiger partial charge in [0.05, 0.1) is 0 Å². The van der Waals surface area contributed by atoms with Crippen molar-refractivity contribution in [2.75, 3.05) is 12.5 Å². The molecule has 0 spiro atoms. The quantitative estimate of drug-likeness (QED) is 0.623. The zero-order chi connectivity index (χ0) is 8.41. The highest BCUT2D eigenvalue weighted by Crippen LogP contribution is 2.59. The molecule has 0 atom stereocenters. The summed E-state index contributed by atoms with van der Waals surface area (Å²) in [6, 6.07) is 0. The van der Waals surface area contributed by atoms with E-state index < -0.39 is 9.24 Å². The molecule has 0 aromatic heterocycles. The molecule has 0 aliphatic carbocycles. The van der Waals surface area contributed by atoms with Crippen LogP contribution in [0.5, 0.6) is 0 Å². The minimum atomic E-state index is -0.892. The molecule has 10 heavy (non-hydrogen) atoms. The van der Waals surface area contributed by atoms with Crippen LogP contribution in [0.3, 0.4) is 0 Å². The first-order valence-corrected chi connectivity index (χ1v) is 7.01. The zero-order valence-corrected chi connectivity index (χ0v) is 9.27. The third kappa shape index (κ3) is 2.71. The van der Waals surface area contributed by atoms with Crippen molar-refractivity contribution in [3.63, 3.8) is 0 Å². The van der Waals surface area contributed by atoms with E-state index in [9.17, 15) is 0 Å². The van der Waals surface area contributed by atoms with Gasteiger partial charge in [0.15, 0.2) is 0 Å². The van der Waals surface area contributed by atoms with Gasteiger partial charge in [0.25, 0.3) is 0 Å². The lowest BCUT2D eigenvalue weighted by molar-refractivity contribution is 0.622. The van der Waals surface area contributed by atoms with Crippen LogP contribution in [0, 0.1) is 0 Å². The summed E-state index contributed by atoms with van der Waals surface area (Å²) in [5, 5.41) is 0. The summed E-state index contributed by atoms with van der Waals surface area (Å²) in [5.74, 6) is 0. The van der Waals surface area contributed by atoms with Crippen LogP contribution in [0.4, 0.5) is 0 Å². The van der Waals surface area contributed by atoms with Gasteiger partial charge in [-0.3, -0.25) is 0 Å². The van der Waals surface area contributed by atoms with Crippen LogP contribution < -0.4 is 0 Å². The first-order chi connectivity index (χ1) is 4.31. The van der Waals surface area contributed by atoms with Crippen LogP contribution in [-0.2, 0) is 0 Å². The molecule has 0 bridgehead atoms. The molecule has 0 fully saturated rings. The lowest BCUT2D eigenvalue weighted by atomic mass is 10.1. The molecule has 0 aromatic carbocycles. The molecule has 0 radical (unpaired) electrons. The Balaban J connectivity index is 4.10. The summed E-state index contributed by atoms with van der Waals surface area (Å²) in [4.78, 5) is 0. The van der Waals surface area contributed by atoms with Gasteiger partial charge in [0.2, 0.25) is 0 Å². The Hall–Kier alpha value is 0.640. The minimum absolute atomic E-state index is 0.337. The Kier molecular flexibility index (Phi) is 3.57. The molecular formula is C8H19ClS. The Morgan fingerprint density at radius 3 is 1.80 bits per heavy atom. The molecule has 0 saturated heterocycles. The average Bonchev–Trinajstić information content (AvgIpc) is 1.61. The molecule has 0 aliphatic rings. The van der Waals surface area contributed by atoms with E-state index in [1.807, 2.05) is 0 Å². The van der Waals surface area contributed by atoms with Gasteiger partial charge in [0.1, 0.15) is 0 Å². The van der Waals surface area contributed by atoms with Crippen LogP contribution in [0.1, 0.15) is 33.6 Å². The third-order valence-corrected chi connectivity index (χ3v) is 6.25. The van der Waals surface area contributed by atoms with Crippen molar-refractivity contribution in [1.29, 1.82) is 0 Å². The molecule has 0 aromatic rings. The topological polar surface area (TPSA) is 0 Å². The SMILES string of the molecule is CCCC(C)(C)S(C)(C)Cl. The van der Waals surface area contributed by atoms with Crippen molar-refractivity contribution in [1.82, 2.24) is 0 Å². The van der Waals surface area contributed by atoms with Gasteiger partial charge < -0.3 is 0 Å². The van der Waals surface area contributed by atoms with E-state index in [4.69, 9.17) is 10.7 Å². The number of hydrogen-bond donors (Lipinski definition) is 0. The van der Waals surface area contributed by atoms with Crippen molar-refractivity contribution < 1.29 is 0 Å². The Bertz CT molecular complexity index is 102. The van der Waals surface area contributed by atoms with E-state index in [1.165, 1.54) is 12.8 Å². The molecule has 0 heterocycles. The van der Waals surface area contributed by atoms with E-state index in [1.54, 1.807) is 0 Å². The highest BCUT2D eigenvalue weighted by Gasteiger charge is 2.29. The second kappa shape index (κ2) is 3.36. The highest BCUT2D eigenvalue weighted by atomic mass is 35.7. The molecule has 0 aliphatic heterocycles. The van der Waals surface area contributed by atoms with Crippen molar-refractivity contribution in [3.8, 4) is 0 Å². The first kappa shape index (κ1) is 10.6. The lowest BCUT2D eigenvalue weighted by Crippen LogP contribution is -2.23. The predicted octanol–water partition coefficient (Wildman–Crippen LogP) is 3.78. The van der Waals surface area contributed by atoms with Crippen LogP contribution in [0.15, 0.2) is 0 Å². The molecule has 0 saturated carbocycles. The lowest BCUT2D eigenvalue weighted by Gasteiger charge is -2.41. The zero-order valence-electron chi connectivity index (χ0n) is 7.70. The fraction of sp³-hybridized carbons (Fsp3) is 1.00. The maximum Gasteiger partial charge on any atom is 0.00650 e. The molecule has 0 unspecified atom stereocenters. The third-order valence-electron chi connectivity index (χ3n) is 2.17. The molecule has 0 N–H and O–H groups in total. The first-order valence-electron chi connectivity index (χ1n) is 3.74. The summed E-state index contributed by atoms with van der Waals surface area (Å²) < 4.78 is 0.337. The molecule has 64 valence electrons. The van der Waals surface area contributed by atoms with E-state index in [-0.39, 0.29) is 0 Å². The summed E-state index contributed by atoms with van der Waals surface area (Å²) >= 11 is 0. The van der Waals surface area contributed by atoms with E-state index in [2.05, 4.69) is 33.3 Å². The molecule has 0 amide bonds. The molecule has 0 rings (SSSR count). The largest absolute Gasteiger partial charge is 0.164 e. The van der Waals surface area contributed by atoms with Crippen molar-refractivity contribution in [2.24, 2.45) is 0 Å². The highest BCUT2D eigenvalue weighted by molar-refractivity contribution is 8.51. The van der Waals surface area contributed by atoms with Gasteiger partial charge in [-0.15, -0.1) is 0 Å². The second-order valence-electron chi connectivity index (χ2n) is 3.71. The second-order valence-corrected chi connectivity index (χ2v) is 9.54. The van der Waals surface area contributed by atoms with Crippen molar-refractivity contribution in [3.05, 3.63) is 0 Å². The van der Waals surface area contributed by atoms with Gasteiger partial charge >= 0.3 is 0 Å². The van der Waals surface area contributed by atoms with E-state index in [0.717, 1.165) is 0 Å². The number of rotatable bonds is 3. The van der Waals surface area contributed by atoms with Crippen LogP contribution in [-0.4, -0.2) is 17.3 Å². The van der Waals surface area contributed by atoms with Crippen LogP contribution in [0.2, 0.25) is 0 Å². The summed E-state index contributed by atoms with van der Waals surface area (Å²) in [6.07, 6.45) is 6.81. The monoisotopic (exact) mass is 182 g/mol. The van der Waals surface area contributed by atoms with Crippen LogP contribution >= 0.6 is 19.9 Å². The standard InChI is InChI=1S/C8H19ClS/c1-6-7-8(2,3)10(4,5)9/h6-7H2,1-5H3. The van der Waals surface area contributed by atoms with Crippen LogP contribution in [0.25, 0.3) is 0 Å². The summed E-state index contributed by atoms with van der Waals surface area (Å²) in [5.41, 5.74) is 0. The summed E-state index contributed by atoms with van der Waals surface area (Å²) in [6.45, 7) is 6.74. The smallest absolute Gasteiger partial charge is 0.00650 e. The minimum Gasteiger partial charge on any atom is -0.164 e. The average molecular weight is 183 g/mol. The van der Waals surface area contributed by atoms with Crippen molar-refractivity contribution >= 4 is 19.9 Å². The Morgan fingerprint density at radius 2 is 1.70 bits per heavy atom. The summed E-state index contributed by atoms with van der Waals surface area (Å²) in [7, 11) is 5.39. The number of halogens is 1. The Morgan fingerprint density at radius 1 is 1.30 bits per heavy atom. The van der Waals surface area contributed by atoms with Crippen molar-refractivity contribution in [2.45, 2.75) is 38.4 Å². The number of hydrogen-bond acceptors (Lipinski definition) is 0. The maximum atomic E-state index is 6.29. The Labute approximate surface area is 71.2 Å². The fourth-order valence-corrected chi connectivity index (χ4v) is 1.77. The maximum absolute atomic E-state index is 6.29. The molecule has 0 nitrogen and oxygen atoms in total. The van der Waals surface area contributed by atoms with E-state index in [0.29, 0.717) is 4.75 Å². The van der Waals surface area contributed by atoms with Gasteiger partial charge in [-0.1, -0.05) is 37.9 Å². The van der Waals surface area contributed by atoms with Gasteiger partial charge in [-0.05, 0) is 18.9 Å². The van der Waals surface area contributed by atoms with E-state index >= 15 is 0 Å². The van der Waals surface area contributed by atoms with Gasteiger partial charge in [-0.2, -0.15) is 9.24 Å². The predicted molar refractivity (Wildman–Crippen MR) is 54.3 cm³/mol. The van der Waals surface area contributed by atoms with Gasteiger partial charge in [0, 0.05) is 4.75 Å².